The summed E-state index contributed by atoms with van der Waals surface area (Å²) in [5.74, 6) is 0.593. The second kappa shape index (κ2) is 9.44. The standard InChI is InChI=1S/C26H27F2N7OS/c1-14(23(27)28)20-22(15-8-9-15)37-26(32-20)18-13-29-34(2)21(18)25(36)30-17-10-11-35-19(12-17)31-24(33-35)16-6-4-3-5-7-16/h3-7,13-15,17,23H,8-12H2,1-2H3,(H,30,36). The fourth-order valence-electron chi connectivity index (χ4n) is 4.80. The number of aromatic nitrogens is 6. The first kappa shape index (κ1) is 23.9. The fraction of sp³-hybridized carbons (Fsp3) is 0.423. The number of thiazole rings is 1. The Morgan fingerprint density at radius 2 is 1.95 bits per heavy atom. The quantitative estimate of drug-likeness (QED) is 0.376. The summed E-state index contributed by atoms with van der Waals surface area (Å²) in [6, 6.07) is 9.71. The predicted octanol–water partition coefficient (Wildman–Crippen LogP) is 4.79. The molecule has 1 aliphatic heterocycles. The molecule has 6 rings (SSSR count). The Kier molecular flexibility index (Phi) is 6.10. The summed E-state index contributed by atoms with van der Waals surface area (Å²) >= 11 is 1.41. The largest absolute Gasteiger partial charge is 0.347 e. The molecule has 8 nitrogen and oxygen atoms in total. The Hall–Kier alpha value is -3.47. The van der Waals surface area contributed by atoms with Gasteiger partial charge >= 0.3 is 0 Å². The lowest BCUT2D eigenvalue weighted by atomic mass is 10.1. The molecule has 192 valence electrons. The lowest BCUT2D eigenvalue weighted by Crippen LogP contribution is -2.41. The molecule has 1 aliphatic carbocycles. The average Bonchev–Trinajstić information content (AvgIpc) is 3.32. The number of halogens is 2. The van der Waals surface area contributed by atoms with Gasteiger partial charge in [0.15, 0.2) is 5.82 Å². The van der Waals surface area contributed by atoms with E-state index in [1.54, 1.807) is 13.2 Å². The van der Waals surface area contributed by atoms with Gasteiger partial charge in [-0.25, -0.2) is 23.4 Å². The van der Waals surface area contributed by atoms with Crippen molar-refractivity contribution in [3.05, 3.63) is 58.6 Å². The number of rotatable bonds is 7. The van der Waals surface area contributed by atoms with Gasteiger partial charge in [-0.2, -0.15) is 10.2 Å². The van der Waals surface area contributed by atoms with Gasteiger partial charge < -0.3 is 5.32 Å². The maximum Gasteiger partial charge on any atom is 0.270 e. The number of alkyl halides is 2. The molecule has 1 saturated carbocycles. The smallest absolute Gasteiger partial charge is 0.270 e. The molecular formula is C26H27F2N7OS. The third kappa shape index (κ3) is 4.56. The van der Waals surface area contributed by atoms with Crippen molar-refractivity contribution in [1.29, 1.82) is 0 Å². The summed E-state index contributed by atoms with van der Waals surface area (Å²) in [5.41, 5.74) is 2.36. The molecule has 4 aromatic rings. The first-order valence-corrected chi connectivity index (χ1v) is 13.3. The minimum Gasteiger partial charge on any atom is -0.347 e. The Morgan fingerprint density at radius 3 is 2.68 bits per heavy atom. The Labute approximate surface area is 216 Å². The first-order valence-electron chi connectivity index (χ1n) is 12.5. The van der Waals surface area contributed by atoms with Crippen molar-refractivity contribution >= 4 is 17.2 Å². The van der Waals surface area contributed by atoms with E-state index in [0.717, 1.165) is 35.5 Å². The van der Waals surface area contributed by atoms with Crippen LogP contribution in [0.15, 0.2) is 36.5 Å². The summed E-state index contributed by atoms with van der Waals surface area (Å²) in [5, 5.41) is 12.6. The fourth-order valence-corrected chi connectivity index (χ4v) is 6.15. The van der Waals surface area contributed by atoms with Gasteiger partial charge in [-0.3, -0.25) is 9.48 Å². The Morgan fingerprint density at radius 1 is 1.16 bits per heavy atom. The first-order chi connectivity index (χ1) is 17.9. The van der Waals surface area contributed by atoms with Crippen LogP contribution >= 0.6 is 11.3 Å². The van der Waals surface area contributed by atoms with Crippen molar-refractivity contribution in [2.45, 2.75) is 63.5 Å². The lowest BCUT2D eigenvalue weighted by Gasteiger charge is -2.23. The molecular weight excluding hydrogens is 496 g/mol. The zero-order valence-corrected chi connectivity index (χ0v) is 21.4. The summed E-state index contributed by atoms with van der Waals surface area (Å²) < 4.78 is 30.5. The molecule has 37 heavy (non-hydrogen) atoms. The van der Waals surface area contributed by atoms with Crippen molar-refractivity contribution in [2.75, 3.05) is 0 Å². The monoisotopic (exact) mass is 523 g/mol. The van der Waals surface area contributed by atoms with Gasteiger partial charge in [0.05, 0.1) is 23.4 Å². The van der Waals surface area contributed by atoms with E-state index in [0.29, 0.717) is 40.7 Å². The van der Waals surface area contributed by atoms with Crippen LogP contribution in [-0.2, 0) is 20.0 Å². The maximum atomic E-state index is 13.5. The molecule has 0 saturated heterocycles. The molecule has 2 atom stereocenters. The maximum absolute atomic E-state index is 13.5. The van der Waals surface area contributed by atoms with E-state index in [4.69, 9.17) is 4.98 Å². The number of nitrogens with zero attached hydrogens (tertiary/aromatic N) is 6. The SMILES string of the molecule is CC(c1nc(-c2cnn(C)c2C(=O)NC2CCn3nc(-c4ccccc4)nc3C2)sc1C1CC1)C(F)F. The Balaban J connectivity index is 1.23. The number of fused-ring (bicyclic) bond motifs is 1. The number of carbonyl (C=O) groups is 1. The van der Waals surface area contributed by atoms with E-state index in [1.165, 1.54) is 22.9 Å². The summed E-state index contributed by atoms with van der Waals surface area (Å²) in [6.45, 7) is 2.17. The normalized spacial score (nSPS) is 18.1. The van der Waals surface area contributed by atoms with Crippen molar-refractivity contribution in [3.8, 4) is 22.0 Å². The molecule has 1 aromatic carbocycles. The number of benzene rings is 1. The van der Waals surface area contributed by atoms with E-state index < -0.39 is 12.3 Å². The number of aryl methyl sites for hydroxylation is 2. The summed E-state index contributed by atoms with van der Waals surface area (Å²) in [6.07, 6.45) is 2.39. The van der Waals surface area contributed by atoms with Gasteiger partial charge in [-0.1, -0.05) is 37.3 Å². The van der Waals surface area contributed by atoms with Gasteiger partial charge in [0, 0.05) is 36.5 Å². The highest BCUT2D eigenvalue weighted by molar-refractivity contribution is 7.15. The molecule has 2 aliphatic rings. The number of hydrogen-bond acceptors (Lipinski definition) is 6. The van der Waals surface area contributed by atoms with Crippen LogP contribution < -0.4 is 5.32 Å². The van der Waals surface area contributed by atoms with Crippen LogP contribution in [0.2, 0.25) is 0 Å². The molecule has 0 bridgehead atoms. The minimum absolute atomic E-state index is 0.108. The van der Waals surface area contributed by atoms with Gasteiger partial charge in [0.2, 0.25) is 6.43 Å². The molecule has 1 fully saturated rings. The highest BCUT2D eigenvalue weighted by Gasteiger charge is 2.35. The molecule has 4 heterocycles. The molecule has 2 unspecified atom stereocenters. The minimum atomic E-state index is -2.49. The zero-order chi connectivity index (χ0) is 25.7. The Bertz CT molecular complexity index is 1440. The highest BCUT2D eigenvalue weighted by atomic mass is 32.1. The number of carbonyl (C=O) groups excluding carboxylic acids is 1. The third-order valence-electron chi connectivity index (χ3n) is 7.06. The zero-order valence-electron chi connectivity index (χ0n) is 20.6. The van der Waals surface area contributed by atoms with E-state index in [1.807, 2.05) is 35.0 Å². The van der Waals surface area contributed by atoms with Gasteiger partial charge in [-0.05, 0) is 25.2 Å². The van der Waals surface area contributed by atoms with E-state index in [-0.39, 0.29) is 17.9 Å². The molecule has 3 aromatic heterocycles. The molecule has 0 radical (unpaired) electrons. The van der Waals surface area contributed by atoms with Crippen LogP contribution in [0.1, 0.15) is 64.9 Å². The average molecular weight is 524 g/mol. The topological polar surface area (TPSA) is 90.5 Å². The van der Waals surface area contributed by atoms with Crippen LogP contribution in [0.5, 0.6) is 0 Å². The number of hydrogen-bond donors (Lipinski definition) is 1. The number of nitrogens with one attached hydrogen (secondary N) is 1. The molecule has 0 spiro atoms. The van der Waals surface area contributed by atoms with Crippen LogP contribution in [0.3, 0.4) is 0 Å². The molecule has 1 amide bonds. The third-order valence-corrected chi connectivity index (χ3v) is 8.32. The van der Waals surface area contributed by atoms with Crippen LogP contribution in [0.4, 0.5) is 8.78 Å². The van der Waals surface area contributed by atoms with Crippen molar-refractivity contribution < 1.29 is 13.6 Å². The van der Waals surface area contributed by atoms with Crippen molar-refractivity contribution in [2.24, 2.45) is 7.05 Å². The van der Waals surface area contributed by atoms with Crippen LogP contribution in [0, 0.1) is 0 Å². The molecule has 11 heteroatoms. The molecule has 1 N–H and O–H groups in total. The summed E-state index contributed by atoms with van der Waals surface area (Å²) in [4.78, 5) is 23.7. The van der Waals surface area contributed by atoms with E-state index in [2.05, 4.69) is 20.5 Å². The van der Waals surface area contributed by atoms with E-state index in [9.17, 15) is 13.6 Å². The lowest BCUT2D eigenvalue weighted by molar-refractivity contribution is 0.0920. The van der Waals surface area contributed by atoms with Crippen LogP contribution in [-0.4, -0.2) is 47.9 Å². The van der Waals surface area contributed by atoms with E-state index >= 15 is 0 Å². The predicted molar refractivity (Wildman–Crippen MR) is 136 cm³/mol. The second-order valence-corrected chi connectivity index (χ2v) is 10.8. The van der Waals surface area contributed by atoms with Gasteiger partial charge in [-0.15, -0.1) is 11.3 Å². The van der Waals surface area contributed by atoms with Gasteiger partial charge in [0.25, 0.3) is 5.91 Å². The van der Waals surface area contributed by atoms with Gasteiger partial charge in [0.1, 0.15) is 16.5 Å². The highest BCUT2D eigenvalue weighted by Crippen LogP contribution is 2.48. The van der Waals surface area contributed by atoms with Crippen molar-refractivity contribution in [1.82, 2.24) is 34.8 Å². The van der Waals surface area contributed by atoms with Crippen LogP contribution in [0.25, 0.3) is 22.0 Å². The second-order valence-electron chi connectivity index (χ2n) is 9.80. The van der Waals surface area contributed by atoms with Crippen molar-refractivity contribution in [3.63, 3.8) is 0 Å². The summed E-state index contributed by atoms with van der Waals surface area (Å²) in [7, 11) is 1.71. The number of amides is 1.